The third-order valence-electron chi connectivity index (χ3n) is 4.26. The van der Waals surface area contributed by atoms with E-state index in [1.165, 1.54) is 55.8 Å². The normalized spacial score (nSPS) is 18.3. The lowest BCUT2D eigenvalue weighted by Gasteiger charge is -2.25. The quantitative estimate of drug-likeness (QED) is 0.660. The van der Waals surface area contributed by atoms with Crippen molar-refractivity contribution in [2.24, 2.45) is 11.8 Å². The van der Waals surface area contributed by atoms with Crippen molar-refractivity contribution in [2.45, 2.75) is 51.3 Å². The summed E-state index contributed by atoms with van der Waals surface area (Å²) >= 11 is 6.07. The van der Waals surface area contributed by atoms with Crippen molar-refractivity contribution in [3.8, 4) is 0 Å². The van der Waals surface area contributed by atoms with E-state index in [4.69, 9.17) is 16.6 Å². The number of pyridine rings is 1. The van der Waals surface area contributed by atoms with E-state index >= 15 is 0 Å². The summed E-state index contributed by atoms with van der Waals surface area (Å²) < 4.78 is 0. The number of halogens is 1. The van der Waals surface area contributed by atoms with Gasteiger partial charge in [0.25, 0.3) is 0 Å². The fourth-order valence-electron chi connectivity index (χ4n) is 2.74. The number of hydrogen-bond donors (Lipinski definition) is 0. The van der Waals surface area contributed by atoms with Gasteiger partial charge in [0.05, 0.1) is 0 Å². The number of alkyl halides is 1. The Morgan fingerprint density at radius 3 is 2.30 bits per heavy atom. The highest BCUT2D eigenvalue weighted by atomic mass is 35.5. The zero-order valence-electron chi connectivity index (χ0n) is 12.4. The number of anilines is 1. The molecular formula is C17H25ClN2. The van der Waals surface area contributed by atoms with Gasteiger partial charge in [-0.3, -0.25) is 0 Å². The van der Waals surface area contributed by atoms with E-state index < -0.39 is 0 Å². The minimum absolute atomic E-state index is 0.590. The van der Waals surface area contributed by atoms with Gasteiger partial charge in [0, 0.05) is 24.7 Å². The van der Waals surface area contributed by atoms with Crippen LogP contribution >= 0.6 is 11.6 Å². The lowest BCUT2D eigenvalue weighted by molar-refractivity contribution is 0.668. The minimum Gasteiger partial charge on any atom is -0.356 e. The lowest BCUT2D eigenvalue weighted by Crippen LogP contribution is -2.29. The van der Waals surface area contributed by atoms with E-state index in [0.29, 0.717) is 5.88 Å². The first kappa shape index (κ1) is 14.2. The van der Waals surface area contributed by atoms with Gasteiger partial charge in [-0.15, -0.1) is 11.6 Å². The Bertz CT molecular complexity index is 438. The molecule has 0 radical (unpaired) electrons. The molecule has 2 nitrogen and oxygen atoms in total. The molecule has 110 valence electrons. The summed E-state index contributed by atoms with van der Waals surface area (Å²) in [6.07, 6.45) is 7.80. The number of hydrogen-bond acceptors (Lipinski definition) is 2. The maximum Gasteiger partial charge on any atom is 0.129 e. The van der Waals surface area contributed by atoms with Gasteiger partial charge < -0.3 is 4.90 Å². The molecule has 0 atom stereocenters. The molecule has 0 bridgehead atoms. The summed E-state index contributed by atoms with van der Waals surface area (Å²) in [5, 5.41) is 0. The second-order valence-corrected chi connectivity index (χ2v) is 6.77. The van der Waals surface area contributed by atoms with Gasteiger partial charge in [-0.25, -0.2) is 4.98 Å². The maximum absolute atomic E-state index is 6.07. The Morgan fingerprint density at radius 1 is 1.15 bits per heavy atom. The van der Waals surface area contributed by atoms with Crippen molar-refractivity contribution in [2.75, 3.05) is 18.0 Å². The molecule has 2 fully saturated rings. The standard InChI is InChI=1S/C17H25ClN2/c1-2-3-16-8-15(10-18)9-17(19-16)20(11-13-4-5-13)12-14-6-7-14/h8-9,13-14H,2-7,10-12H2,1H3. The van der Waals surface area contributed by atoms with E-state index in [0.717, 1.165) is 24.7 Å². The molecule has 1 aromatic heterocycles. The van der Waals surface area contributed by atoms with Crippen LogP contribution in [-0.4, -0.2) is 18.1 Å². The molecule has 1 aromatic rings. The first-order chi connectivity index (χ1) is 9.78. The van der Waals surface area contributed by atoms with E-state index in [9.17, 15) is 0 Å². The van der Waals surface area contributed by atoms with Crippen LogP contribution in [0, 0.1) is 11.8 Å². The number of aryl methyl sites for hydroxylation is 1. The Kier molecular flexibility index (Phi) is 4.50. The van der Waals surface area contributed by atoms with Crippen LogP contribution in [0.5, 0.6) is 0 Å². The lowest BCUT2D eigenvalue weighted by atomic mass is 10.1. The Morgan fingerprint density at radius 2 is 1.80 bits per heavy atom. The van der Waals surface area contributed by atoms with E-state index in [1.807, 2.05) is 0 Å². The van der Waals surface area contributed by atoms with Crippen LogP contribution in [0.1, 0.15) is 50.3 Å². The van der Waals surface area contributed by atoms with Crippen LogP contribution < -0.4 is 4.90 Å². The van der Waals surface area contributed by atoms with Crippen molar-refractivity contribution >= 4 is 17.4 Å². The third-order valence-corrected chi connectivity index (χ3v) is 4.57. The molecule has 0 aromatic carbocycles. The molecule has 3 rings (SSSR count). The van der Waals surface area contributed by atoms with E-state index in [-0.39, 0.29) is 0 Å². The molecule has 1 heterocycles. The Hall–Kier alpha value is -0.760. The topological polar surface area (TPSA) is 16.1 Å². The smallest absolute Gasteiger partial charge is 0.129 e. The molecule has 2 saturated carbocycles. The molecule has 0 amide bonds. The molecule has 0 saturated heterocycles. The first-order valence-corrected chi connectivity index (χ1v) is 8.62. The largest absolute Gasteiger partial charge is 0.356 e. The summed E-state index contributed by atoms with van der Waals surface area (Å²) in [6.45, 7) is 4.60. The molecule has 20 heavy (non-hydrogen) atoms. The highest BCUT2D eigenvalue weighted by molar-refractivity contribution is 6.17. The average Bonchev–Trinajstić information content (AvgIpc) is 3.33. The fourth-order valence-corrected chi connectivity index (χ4v) is 2.90. The fraction of sp³-hybridized carbons (Fsp3) is 0.706. The molecule has 2 aliphatic rings. The second kappa shape index (κ2) is 6.34. The highest BCUT2D eigenvalue weighted by Gasteiger charge is 2.30. The maximum atomic E-state index is 6.07. The highest BCUT2D eigenvalue weighted by Crippen LogP contribution is 2.35. The average molecular weight is 293 g/mol. The number of rotatable bonds is 8. The zero-order valence-corrected chi connectivity index (χ0v) is 13.2. The van der Waals surface area contributed by atoms with Crippen LogP contribution in [0.25, 0.3) is 0 Å². The second-order valence-electron chi connectivity index (χ2n) is 6.50. The van der Waals surface area contributed by atoms with Crippen molar-refractivity contribution < 1.29 is 0 Å². The summed E-state index contributed by atoms with van der Waals surface area (Å²) in [5.74, 6) is 3.58. The predicted molar refractivity (Wildman–Crippen MR) is 85.5 cm³/mol. The van der Waals surface area contributed by atoms with E-state index in [2.05, 4.69) is 24.0 Å². The summed E-state index contributed by atoms with van der Waals surface area (Å²) in [4.78, 5) is 7.43. The van der Waals surface area contributed by atoms with Gasteiger partial charge >= 0.3 is 0 Å². The summed E-state index contributed by atoms with van der Waals surface area (Å²) in [5.41, 5.74) is 2.42. The van der Waals surface area contributed by atoms with Crippen LogP contribution in [0.4, 0.5) is 5.82 Å². The van der Waals surface area contributed by atoms with Crippen LogP contribution in [-0.2, 0) is 12.3 Å². The summed E-state index contributed by atoms with van der Waals surface area (Å²) in [6, 6.07) is 4.38. The Balaban J connectivity index is 1.80. The van der Waals surface area contributed by atoms with Gasteiger partial charge in [-0.2, -0.15) is 0 Å². The monoisotopic (exact) mass is 292 g/mol. The van der Waals surface area contributed by atoms with Crippen molar-refractivity contribution in [1.29, 1.82) is 0 Å². The Labute approximate surface area is 127 Å². The molecule has 3 heteroatoms. The van der Waals surface area contributed by atoms with Crippen molar-refractivity contribution in [1.82, 2.24) is 4.98 Å². The molecule has 0 aliphatic heterocycles. The van der Waals surface area contributed by atoms with Gasteiger partial charge in [0.2, 0.25) is 0 Å². The molecule has 0 spiro atoms. The zero-order chi connectivity index (χ0) is 13.9. The van der Waals surface area contributed by atoms with Crippen molar-refractivity contribution in [3.63, 3.8) is 0 Å². The van der Waals surface area contributed by atoms with E-state index in [1.54, 1.807) is 0 Å². The van der Waals surface area contributed by atoms with Gasteiger partial charge in [-0.1, -0.05) is 13.3 Å². The molecular weight excluding hydrogens is 268 g/mol. The molecule has 0 unspecified atom stereocenters. The predicted octanol–water partition coefficient (Wildman–Crippen LogP) is 4.40. The van der Waals surface area contributed by atoms with Crippen LogP contribution in [0.2, 0.25) is 0 Å². The SMILES string of the molecule is CCCc1cc(CCl)cc(N(CC2CC2)CC2CC2)n1. The van der Waals surface area contributed by atoms with Gasteiger partial charge in [0.1, 0.15) is 5.82 Å². The first-order valence-electron chi connectivity index (χ1n) is 8.09. The van der Waals surface area contributed by atoms with Gasteiger partial charge in [-0.05, 0) is 61.6 Å². The number of aromatic nitrogens is 1. The molecule has 0 N–H and O–H groups in total. The van der Waals surface area contributed by atoms with Crippen molar-refractivity contribution in [3.05, 3.63) is 23.4 Å². The van der Waals surface area contributed by atoms with Gasteiger partial charge in [0.15, 0.2) is 0 Å². The number of nitrogens with zero attached hydrogens (tertiary/aromatic N) is 2. The third kappa shape index (κ3) is 3.88. The van der Waals surface area contributed by atoms with Crippen LogP contribution in [0.3, 0.4) is 0 Å². The molecule has 2 aliphatic carbocycles. The summed E-state index contributed by atoms with van der Waals surface area (Å²) in [7, 11) is 0. The van der Waals surface area contributed by atoms with Crippen LogP contribution in [0.15, 0.2) is 12.1 Å². The minimum atomic E-state index is 0.590.